The maximum atomic E-state index is 13.5. The topological polar surface area (TPSA) is 105 Å². The van der Waals surface area contributed by atoms with Gasteiger partial charge in [0.25, 0.3) is 5.91 Å². The van der Waals surface area contributed by atoms with Crippen LogP contribution in [0.25, 0.3) is 0 Å². The van der Waals surface area contributed by atoms with Crippen LogP contribution in [0.4, 0.5) is 0 Å². The molecular weight excluding hydrogens is 432 g/mol. The first kappa shape index (κ1) is 23.2. The summed E-state index contributed by atoms with van der Waals surface area (Å²) in [6.07, 6.45) is 8.63. The van der Waals surface area contributed by atoms with Gasteiger partial charge < -0.3 is 20.0 Å². The molecule has 34 heavy (non-hydrogen) atoms. The zero-order valence-electron chi connectivity index (χ0n) is 18.9. The Hall–Kier alpha value is -3.94. The Morgan fingerprint density at radius 1 is 1.00 bits per heavy atom. The maximum absolute atomic E-state index is 13.5. The van der Waals surface area contributed by atoms with Gasteiger partial charge in [0, 0.05) is 25.0 Å². The third-order valence-electron chi connectivity index (χ3n) is 5.94. The van der Waals surface area contributed by atoms with Crippen molar-refractivity contribution in [2.45, 2.75) is 44.3 Å². The molecule has 0 spiro atoms. The van der Waals surface area contributed by atoms with Crippen molar-refractivity contribution in [1.82, 2.24) is 20.5 Å². The molecule has 0 saturated heterocycles. The summed E-state index contributed by atoms with van der Waals surface area (Å²) in [6.45, 7) is -0.0635. The van der Waals surface area contributed by atoms with Gasteiger partial charge in [-0.05, 0) is 48.2 Å². The van der Waals surface area contributed by atoms with Gasteiger partial charge in [0.15, 0.2) is 5.76 Å². The standard InChI is InChI=1S/C26H28N4O4/c31-23(17-28-25(32)22-11-6-16-34-22)30(18-19-7-2-1-3-8-19)24(20-12-14-27-15-13-20)26(33)29-21-9-4-5-10-21/h1-3,6-8,11-16,21,24H,4-5,9-10,17-18H2,(H,28,32)(H,29,33)/t24-/m0/s1. The molecule has 2 aromatic heterocycles. The van der Waals surface area contributed by atoms with Crippen molar-refractivity contribution in [3.05, 3.63) is 90.1 Å². The molecule has 1 aliphatic carbocycles. The van der Waals surface area contributed by atoms with Gasteiger partial charge in [-0.15, -0.1) is 0 Å². The zero-order valence-corrected chi connectivity index (χ0v) is 18.9. The van der Waals surface area contributed by atoms with Crippen molar-refractivity contribution >= 4 is 17.7 Å². The third-order valence-corrected chi connectivity index (χ3v) is 5.94. The Labute approximate surface area is 198 Å². The molecular formula is C26H28N4O4. The number of nitrogens with one attached hydrogen (secondary N) is 2. The van der Waals surface area contributed by atoms with Crippen LogP contribution in [0.15, 0.2) is 77.7 Å². The molecule has 0 bridgehead atoms. The van der Waals surface area contributed by atoms with E-state index in [1.807, 2.05) is 30.3 Å². The molecule has 0 unspecified atom stereocenters. The Kier molecular flexibility index (Phi) is 7.70. The number of rotatable bonds is 9. The second-order valence-electron chi connectivity index (χ2n) is 8.34. The Bertz CT molecular complexity index is 1080. The highest BCUT2D eigenvalue weighted by Gasteiger charge is 2.33. The second kappa shape index (κ2) is 11.3. The van der Waals surface area contributed by atoms with Gasteiger partial charge in [0.1, 0.15) is 6.04 Å². The molecule has 1 atom stereocenters. The van der Waals surface area contributed by atoms with Crippen LogP contribution >= 0.6 is 0 Å². The molecule has 1 saturated carbocycles. The monoisotopic (exact) mass is 460 g/mol. The summed E-state index contributed by atoms with van der Waals surface area (Å²) in [5.74, 6) is -0.993. The van der Waals surface area contributed by atoms with Crippen molar-refractivity contribution in [2.24, 2.45) is 0 Å². The van der Waals surface area contributed by atoms with Gasteiger partial charge in [-0.2, -0.15) is 0 Å². The lowest BCUT2D eigenvalue weighted by Gasteiger charge is -2.32. The smallest absolute Gasteiger partial charge is 0.287 e. The fraction of sp³-hybridized carbons (Fsp3) is 0.308. The average Bonchev–Trinajstić information content (AvgIpc) is 3.58. The number of amides is 3. The van der Waals surface area contributed by atoms with Crippen molar-refractivity contribution in [1.29, 1.82) is 0 Å². The highest BCUT2D eigenvalue weighted by molar-refractivity contribution is 5.95. The number of benzene rings is 1. The quantitative estimate of drug-likeness (QED) is 0.510. The number of carbonyl (C=O) groups is 3. The predicted molar refractivity (Wildman–Crippen MR) is 125 cm³/mol. The second-order valence-corrected chi connectivity index (χ2v) is 8.34. The van der Waals surface area contributed by atoms with E-state index in [1.165, 1.54) is 17.2 Å². The molecule has 176 valence electrons. The molecule has 8 heteroatoms. The van der Waals surface area contributed by atoms with E-state index in [9.17, 15) is 14.4 Å². The lowest BCUT2D eigenvalue weighted by molar-refractivity contribution is -0.141. The summed E-state index contributed by atoms with van der Waals surface area (Å²) in [4.78, 5) is 44.9. The summed E-state index contributed by atoms with van der Waals surface area (Å²) < 4.78 is 5.11. The van der Waals surface area contributed by atoms with Crippen molar-refractivity contribution < 1.29 is 18.8 Å². The normalized spacial score (nSPS) is 14.4. The van der Waals surface area contributed by atoms with E-state index < -0.39 is 11.9 Å². The molecule has 1 fully saturated rings. The SMILES string of the molecule is O=C(NCC(=O)N(Cc1ccccc1)[C@H](C(=O)NC1CCCC1)c1ccncc1)c1ccco1. The van der Waals surface area contributed by atoms with Crippen molar-refractivity contribution in [2.75, 3.05) is 6.54 Å². The van der Waals surface area contributed by atoms with E-state index in [2.05, 4.69) is 15.6 Å². The van der Waals surface area contributed by atoms with E-state index in [4.69, 9.17) is 4.42 Å². The van der Waals surface area contributed by atoms with Gasteiger partial charge >= 0.3 is 0 Å². The Morgan fingerprint density at radius 3 is 2.41 bits per heavy atom. The number of furan rings is 1. The van der Waals surface area contributed by atoms with Crippen LogP contribution < -0.4 is 10.6 Å². The van der Waals surface area contributed by atoms with Gasteiger partial charge in [-0.25, -0.2) is 0 Å². The number of hydrogen-bond acceptors (Lipinski definition) is 5. The maximum Gasteiger partial charge on any atom is 0.287 e. The van der Waals surface area contributed by atoms with E-state index in [-0.39, 0.29) is 36.7 Å². The van der Waals surface area contributed by atoms with Gasteiger partial charge in [0.05, 0.1) is 12.8 Å². The minimum Gasteiger partial charge on any atom is -0.459 e. The number of aromatic nitrogens is 1. The molecule has 1 aliphatic rings. The number of carbonyl (C=O) groups excluding carboxylic acids is 3. The van der Waals surface area contributed by atoms with Crippen LogP contribution in [0.2, 0.25) is 0 Å². The summed E-state index contributed by atoms with van der Waals surface area (Å²) in [5.41, 5.74) is 1.54. The highest BCUT2D eigenvalue weighted by atomic mass is 16.3. The fourth-order valence-corrected chi connectivity index (χ4v) is 4.22. The largest absolute Gasteiger partial charge is 0.459 e. The first-order valence-corrected chi connectivity index (χ1v) is 11.5. The lowest BCUT2D eigenvalue weighted by Crippen LogP contribution is -2.48. The molecule has 3 amide bonds. The first-order chi connectivity index (χ1) is 16.6. The van der Waals surface area contributed by atoms with E-state index in [0.29, 0.717) is 5.56 Å². The summed E-state index contributed by atoms with van der Waals surface area (Å²) in [5, 5.41) is 5.73. The Morgan fingerprint density at radius 2 is 1.74 bits per heavy atom. The zero-order chi connectivity index (χ0) is 23.8. The highest BCUT2D eigenvalue weighted by Crippen LogP contribution is 2.25. The van der Waals surface area contributed by atoms with Gasteiger partial charge in [-0.3, -0.25) is 19.4 Å². The van der Waals surface area contributed by atoms with Crippen LogP contribution in [0.5, 0.6) is 0 Å². The predicted octanol–water partition coefficient (Wildman–Crippen LogP) is 3.23. The molecule has 1 aromatic carbocycles. The fourth-order valence-electron chi connectivity index (χ4n) is 4.22. The molecule has 4 rings (SSSR count). The van der Waals surface area contributed by atoms with Gasteiger partial charge in [0.2, 0.25) is 11.8 Å². The van der Waals surface area contributed by atoms with Crippen molar-refractivity contribution in [3.8, 4) is 0 Å². The molecule has 3 aromatic rings. The van der Waals surface area contributed by atoms with Crippen LogP contribution in [0.3, 0.4) is 0 Å². The van der Waals surface area contributed by atoms with E-state index >= 15 is 0 Å². The molecule has 2 N–H and O–H groups in total. The summed E-state index contributed by atoms with van der Waals surface area (Å²) in [6, 6.07) is 15.3. The number of pyridine rings is 1. The molecule has 0 aliphatic heterocycles. The molecule has 0 radical (unpaired) electrons. The van der Waals surface area contributed by atoms with Crippen LogP contribution in [-0.2, 0) is 16.1 Å². The van der Waals surface area contributed by atoms with Crippen LogP contribution in [0.1, 0.15) is 53.4 Å². The minimum atomic E-state index is -0.864. The average molecular weight is 461 g/mol. The molecule has 8 nitrogen and oxygen atoms in total. The number of nitrogens with zero attached hydrogens (tertiary/aromatic N) is 2. The van der Waals surface area contributed by atoms with Crippen LogP contribution in [0, 0.1) is 0 Å². The molecule has 2 heterocycles. The third kappa shape index (κ3) is 5.89. The minimum absolute atomic E-state index is 0.101. The Balaban J connectivity index is 1.60. The lowest BCUT2D eigenvalue weighted by atomic mass is 10.0. The van der Waals surface area contributed by atoms with E-state index in [1.54, 1.807) is 30.6 Å². The van der Waals surface area contributed by atoms with Crippen LogP contribution in [-0.4, -0.2) is 40.2 Å². The summed E-state index contributed by atoms with van der Waals surface area (Å²) in [7, 11) is 0. The van der Waals surface area contributed by atoms with Gasteiger partial charge in [-0.1, -0.05) is 43.2 Å². The number of hydrogen-bond donors (Lipinski definition) is 2. The first-order valence-electron chi connectivity index (χ1n) is 11.5. The summed E-state index contributed by atoms with van der Waals surface area (Å²) >= 11 is 0. The van der Waals surface area contributed by atoms with Crippen molar-refractivity contribution in [3.63, 3.8) is 0 Å². The van der Waals surface area contributed by atoms with E-state index in [0.717, 1.165) is 31.2 Å².